The highest BCUT2D eigenvalue weighted by atomic mass is 32.2. The average molecular weight is 365 g/mol. The minimum absolute atomic E-state index is 0.0570. The van der Waals surface area contributed by atoms with Gasteiger partial charge in [0.25, 0.3) is 0 Å². The number of carbonyl (C=O) groups is 2. The van der Waals surface area contributed by atoms with Gasteiger partial charge in [0.05, 0.1) is 18.6 Å². The molecule has 2 aromatic carbocycles. The smallest absolute Gasteiger partial charge is 0.234 e. The fourth-order valence-corrected chi connectivity index (χ4v) is 2.95. The number of ether oxygens (including phenoxy) is 1. The quantitative estimate of drug-likeness (QED) is 0.752. The van der Waals surface area contributed by atoms with E-state index in [0.717, 1.165) is 11.6 Å². The highest BCUT2D eigenvalue weighted by Crippen LogP contribution is 2.25. The van der Waals surface area contributed by atoms with Crippen LogP contribution in [0.2, 0.25) is 0 Å². The van der Waals surface area contributed by atoms with E-state index in [1.807, 2.05) is 0 Å². The number of carbonyl (C=O) groups excluding carboxylic acids is 2. The Balaban J connectivity index is 1.94. The van der Waals surface area contributed by atoms with Gasteiger partial charge < -0.3 is 10.1 Å². The van der Waals surface area contributed by atoms with Crippen LogP contribution < -0.4 is 10.1 Å². The van der Waals surface area contributed by atoms with Crippen LogP contribution in [0.25, 0.3) is 0 Å². The minimum Gasteiger partial charge on any atom is -0.496 e. The number of methoxy groups -OCH3 is 1. The Labute approximate surface area is 148 Å². The molecule has 0 fully saturated rings. The highest BCUT2D eigenvalue weighted by molar-refractivity contribution is 7.99. The lowest BCUT2D eigenvalue weighted by Crippen LogP contribution is -2.15. The molecule has 1 N–H and O–H groups in total. The Hall–Kier alpha value is -2.41. The van der Waals surface area contributed by atoms with Crippen molar-refractivity contribution in [1.82, 2.24) is 0 Å². The molecule has 0 unspecified atom stereocenters. The molecule has 4 nitrogen and oxygen atoms in total. The summed E-state index contributed by atoms with van der Waals surface area (Å²) in [5.74, 6) is -0.844. The van der Waals surface area contributed by atoms with Gasteiger partial charge in [-0.15, -0.1) is 11.8 Å². The van der Waals surface area contributed by atoms with Gasteiger partial charge in [-0.3, -0.25) is 9.59 Å². The Morgan fingerprint density at radius 1 is 1.16 bits per heavy atom. The van der Waals surface area contributed by atoms with E-state index < -0.39 is 17.5 Å². The number of nitrogens with one attached hydrogen (secondary N) is 1. The number of anilines is 1. The van der Waals surface area contributed by atoms with Crippen molar-refractivity contribution in [3.8, 4) is 5.75 Å². The van der Waals surface area contributed by atoms with Gasteiger partial charge in [-0.2, -0.15) is 0 Å². The molecule has 132 valence electrons. The van der Waals surface area contributed by atoms with Crippen LogP contribution in [0.1, 0.15) is 22.8 Å². The van der Waals surface area contributed by atoms with Crippen LogP contribution in [-0.4, -0.2) is 24.6 Å². The SMILES string of the molecule is COc1ccc(C(C)=O)cc1CSCC(=O)Nc1ccc(F)cc1F. The van der Waals surface area contributed by atoms with E-state index in [1.165, 1.54) is 31.9 Å². The number of ketones is 1. The average Bonchev–Trinajstić information content (AvgIpc) is 2.57. The molecule has 0 aliphatic heterocycles. The number of Topliss-reactive ketones (excluding diaryl/α,β-unsaturated/α-hetero) is 1. The zero-order valence-electron chi connectivity index (χ0n) is 13.8. The van der Waals surface area contributed by atoms with Crippen LogP contribution in [0.5, 0.6) is 5.75 Å². The van der Waals surface area contributed by atoms with Gasteiger partial charge in [-0.1, -0.05) is 0 Å². The molecule has 0 aliphatic carbocycles. The van der Waals surface area contributed by atoms with Crippen LogP contribution in [0.15, 0.2) is 36.4 Å². The van der Waals surface area contributed by atoms with Gasteiger partial charge in [-0.25, -0.2) is 8.78 Å². The number of benzene rings is 2. The molecule has 0 saturated heterocycles. The van der Waals surface area contributed by atoms with Crippen molar-refractivity contribution in [2.45, 2.75) is 12.7 Å². The largest absolute Gasteiger partial charge is 0.496 e. The fourth-order valence-electron chi connectivity index (χ4n) is 2.14. The first kappa shape index (κ1) is 18.9. The Morgan fingerprint density at radius 3 is 2.56 bits per heavy atom. The number of hydrogen-bond donors (Lipinski definition) is 1. The first-order valence-electron chi connectivity index (χ1n) is 7.41. The molecule has 0 atom stereocenters. The molecule has 25 heavy (non-hydrogen) atoms. The topological polar surface area (TPSA) is 55.4 Å². The van der Waals surface area contributed by atoms with Gasteiger partial charge in [0.15, 0.2) is 5.78 Å². The molecule has 0 aliphatic rings. The van der Waals surface area contributed by atoms with Crippen molar-refractivity contribution in [3.63, 3.8) is 0 Å². The molecular weight excluding hydrogens is 348 g/mol. The van der Waals surface area contributed by atoms with Crippen molar-refractivity contribution >= 4 is 29.1 Å². The van der Waals surface area contributed by atoms with E-state index in [0.29, 0.717) is 23.1 Å². The van der Waals surface area contributed by atoms with Gasteiger partial charge in [0.1, 0.15) is 17.4 Å². The number of amides is 1. The Kier molecular flexibility index (Phi) is 6.52. The molecule has 0 spiro atoms. The second kappa shape index (κ2) is 8.62. The molecule has 0 aromatic heterocycles. The number of halogens is 2. The lowest BCUT2D eigenvalue weighted by Gasteiger charge is -2.10. The first-order chi connectivity index (χ1) is 11.9. The lowest BCUT2D eigenvalue weighted by molar-refractivity contribution is -0.113. The number of rotatable bonds is 7. The summed E-state index contributed by atoms with van der Waals surface area (Å²) < 4.78 is 31.6. The number of thioether (sulfide) groups is 1. The van der Waals surface area contributed by atoms with Gasteiger partial charge in [-0.05, 0) is 37.3 Å². The standard InChI is InChI=1S/C18H17F2NO3S/c1-11(22)12-3-6-17(24-2)13(7-12)9-25-10-18(23)21-16-5-4-14(19)8-15(16)20/h3-8H,9-10H2,1-2H3,(H,21,23). The molecule has 2 rings (SSSR count). The zero-order valence-corrected chi connectivity index (χ0v) is 14.6. The van der Waals surface area contributed by atoms with Gasteiger partial charge in [0, 0.05) is 22.9 Å². The van der Waals surface area contributed by atoms with E-state index in [1.54, 1.807) is 18.2 Å². The maximum atomic E-state index is 13.5. The second-order valence-corrected chi connectivity index (χ2v) is 6.23. The van der Waals surface area contributed by atoms with E-state index in [2.05, 4.69) is 5.32 Å². The van der Waals surface area contributed by atoms with Crippen molar-refractivity contribution in [2.75, 3.05) is 18.2 Å². The van der Waals surface area contributed by atoms with Crippen LogP contribution >= 0.6 is 11.8 Å². The third-order valence-electron chi connectivity index (χ3n) is 3.38. The second-order valence-electron chi connectivity index (χ2n) is 5.25. The van der Waals surface area contributed by atoms with E-state index in [9.17, 15) is 18.4 Å². The van der Waals surface area contributed by atoms with Crippen LogP contribution in [0.3, 0.4) is 0 Å². The zero-order chi connectivity index (χ0) is 18.4. The molecular formula is C18H17F2NO3S. The van der Waals surface area contributed by atoms with E-state index >= 15 is 0 Å². The Morgan fingerprint density at radius 2 is 1.92 bits per heavy atom. The first-order valence-corrected chi connectivity index (χ1v) is 8.56. The Bertz CT molecular complexity index is 796. The summed E-state index contributed by atoms with van der Waals surface area (Å²) in [6.45, 7) is 1.48. The maximum absolute atomic E-state index is 13.5. The number of hydrogen-bond acceptors (Lipinski definition) is 4. The van der Waals surface area contributed by atoms with Gasteiger partial charge in [0.2, 0.25) is 5.91 Å². The summed E-state index contributed by atoms with van der Waals surface area (Å²) >= 11 is 1.29. The normalized spacial score (nSPS) is 10.4. The third kappa shape index (κ3) is 5.29. The predicted molar refractivity (Wildman–Crippen MR) is 94.1 cm³/mol. The summed E-state index contributed by atoms with van der Waals surface area (Å²) in [5, 5.41) is 2.40. The summed E-state index contributed by atoms with van der Waals surface area (Å²) in [4.78, 5) is 23.4. The molecule has 0 saturated carbocycles. The molecule has 0 radical (unpaired) electrons. The van der Waals surface area contributed by atoms with Gasteiger partial charge >= 0.3 is 0 Å². The molecule has 0 bridgehead atoms. The van der Waals surface area contributed by atoms with Crippen LogP contribution in [-0.2, 0) is 10.5 Å². The summed E-state index contributed by atoms with van der Waals surface area (Å²) in [6, 6.07) is 8.07. The van der Waals surface area contributed by atoms with Crippen molar-refractivity contribution in [1.29, 1.82) is 0 Å². The van der Waals surface area contributed by atoms with E-state index in [-0.39, 0.29) is 17.2 Å². The minimum atomic E-state index is -0.825. The van der Waals surface area contributed by atoms with Crippen molar-refractivity contribution < 1.29 is 23.1 Å². The lowest BCUT2D eigenvalue weighted by atomic mass is 10.1. The summed E-state index contributed by atoms with van der Waals surface area (Å²) in [6.07, 6.45) is 0. The van der Waals surface area contributed by atoms with Crippen molar-refractivity contribution in [3.05, 3.63) is 59.2 Å². The summed E-state index contributed by atoms with van der Waals surface area (Å²) in [5.41, 5.74) is 1.29. The molecule has 2 aromatic rings. The highest BCUT2D eigenvalue weighted by Gasteiger charge is 2.11. The molecule has 7 heteroatoms. The van der Waals surface area contributed by atoms with Crippen LogP contribution in [0, 0.1) is 11.6 Å². The van der Waals surface area contributed by atoms with E-state index in [4.69, 9.17) is 4.74 Å². The third-order valence-corrected chi connectivity index (χ3v) is 4.36. The maximum Gasteiger partial charge on any atom is 0.234 e. The molecule has 1 amide bonds. The van der Waals surface area contributed by atoms with Crippen molar-refractivity contribution in [2.24, 2.45) is 0 Å². The molecule has 0 heterocycles. The predicted octanol–water partition coefficient (Wildman–Crippen LogP) is 4.05. The summed E-state index contributed by atoms with van der Waals surface area (Å²) in [7, 11) is 1.53. The van der Waals surface area contributed by atoms with Crippen LogP contribution in [0.4, 0.5) is 14.5 Å². The fraction of sp³-hybridized carbons (Fsp3) is 0.222. The monoisotopic (exact) mass is 365 g/mol.